The van der Waals surface area contributed by atoms with E-state index in [2.05, 4.69) is 24.0 Å². The minimum Gasteiger partial charge on any atom is -0.325 e. The van der Waals surface area contributed by atoms with Crippen molar-refractivity contribution in [2.24, 2.45) is 5.73 Å². The zero-order valence-electron chi connectivity index (χ0n) is 8.77. The first-order valence-electron chi connectivity index (χ1n) is 5.03. The summed E-state index contributed by atoms with van der Waals surface area (Å²) in [5.41, 5.74) is 9.90. The number of pyridine rings is 1. The van der Waals surface area contributed by atoms with Crippen LogP contribution in [0.25, 0.3) is 11.3 Å². The number of benzene rings is 1. The van der Waals surface area contributed by atoms with Gasteiger partial charge in [0, 0.05) is 12.1 Å². The summed E-state index contributed by atoms with van der Waals surface area (Å²) in [6.07, 6.45) is 0. The molecule has 76 valence electrons. The van der Waals surface area contributed by atoms with E-state index in [0.29, 0.717) is 6.54 Å². The predicted octanol–water partition coefficient (Wildman–Crippen LogP) is 2.52. The Morgan fingerprint density at radius 3 is 2.60 bits per heavy atom. The molecule has 0 saturated heterocycles. The first-order valence-corrected chi connectivity index (χ1v) is 5.03. The van der Waals surface area contributed by atoms with Crippen LogP contribution in [0.4, 0.5) is 0 Å². The Labute approximate surface area is 89.8 Å². The fourth-order valence-electron chi connectivity index (χ4n) is 1.60. The fourth-order valence-corrected chi connectivity index (χ4v) is 1.60. The van der Waals surface area contributed by atoms with Crippen molar-refractivity contribution in [2.45, 2.75) is 13.5 Å². The van der Waals surface area contributed by atoms with Gasteiger partial charge in [0.2, 0.25) is 0 Å². The number of aryl methyl sites for hydroxylation is 1. The van der Waals surface area contributed by atoms with Crippen LogP contribution in [0, 0.1) is 6.92 Å². The summed E-state index contributed by atoms with van der Waals surface area (Å²) >= 11 is 0. The molecular formula is C13H14N2. The number of rotatable bonds is 2. The van der Waals surface area contributed by atoms with Gasteiger partial charge in [-0.15, -0.1) is 0 Å². The molecule has 0 fully saturated rings. The third-order valence-electron chi connectivity index (χ3n) is 2.44. The molecule has 0 atom stereocenters. The molecule has 0 aliphatic rings. The number of aromatic nitrogens is 1. The second kappa shape index (κ2) is 4.24. The van der Waals surface area contributed by atoms with Crippen molar-refractivity contribution >= 4 is 0 Å². The molecule has 1 aromatic carbocycles. The molecule has 0 radical (unpaired) electrons. The van der Waals surface area contributed by atoms with Crippen LogP contribution >= 0.6 is 0 Å². The van der Waals surface area contributed by atoms with Crippen molar-refractivity contribution in [1.82, 2.24) is 4.98 Å². The molecule has 0 aliphatic heterocycles. The van der Waals surface area contributed by atoms with Crippen molar-refractivity contribution in [3.63, 3.8) is 0 Å². The zero-order valence-corrected chi connectivity index (χ0v) is 8.77. The number of nitrogens with two attached hydrogens (primary N) is 1. The minimum atomic E-state index is 0.486. The molecule has 2 nitrogen and oxygen atoms in total. The Balaban J connectivity index is 2.49. The summed E-state index contributed by atoms with van der Waals surface area (Å²) in [6, 6.07) is 14.2. The molecule has 0 bridgehead atoms. The van der Waals surface area contributed by atoms with Gasteiger partial charge in [0.15, 0.2) is 0 Å². The summed E-state index contributed by atoms with van der Waals surface area (Å²) in [4.78, 5) is 4.50. The van der Waals surface area contributed by atoms with E-state index >= 15 is 0 Å². The normalized spacial score (nSPS) is 10.3. The highest BCUT2D eigenvalue weighted by atomic mass is 14.7. The second-order valence-corrected chi connectivity index (χ2v) is 3.53. The van der Waals surface area contributed by atoms with Crippen molar-refractivity contribution in [1.29, 1.82) is 0 Å². The van der Waals surface area contributed by atoms with Gasteiger partial charge in [-0.3, -0.25) is 4.98 Å². The van der Waals surface area contributed by atoms with Gasteiger partial charge >= 0.3 is 0 Å². The summed E-state index contributed by atoms with van der Waals surface area (Å²) < 4.78 is 0. The highest BCUT2D eigenvalue weighted by Gasteiger charge is 2.02. The Hall–Kier alpha value is -1.67. The molecule has 0 unspecified atom stereocenters. The highest BCUT2D eigenvalue weighted by molar-refractivity contribution is 5.63. The van der Waals surface area contributed by atoms with Gasteiger partial charge in [0.05, 0.1) is 11.4 Å². The van der Waals surface area contributed by atoms with E-state index in [1.54, 1.807) is 0 Å². The Morgan fingerprint density at radius 1 is 1.07 bits per heavy atom. The predicted molar refractivity (Wildman–Crippen MR) is 62.3 cm³/mol. The van der Waals surface area contributed by atoms with Gasteiger partial charge in [0.1, 0.15) is 0 Å². The molecule has 2 N–H and O–H groups in total. The molecule has 2 rings (SSSR count). The fraction of sp³-hybridized carbons (Fsp3) is 0.154. The quantitative estimate of drug-likeness (QED) is 0.805. The van der Waals surface area contributed by atoms with Gasteiger partial charge in [-0.2, -0.15) is 0 Å². The number of hydrogen-bond donors (Lipinski definition) is 1. The largest absolute Gasteiger partial charge is 0.325 e. The standard InChI is InChI=1S/C13H14N2/c1-10-5-2-3-7-12(10)13-8-4-6-11(9-14)15-13/h2-8H,9,14H2,1H3. The third-order valence-corrected chi connectivity index (χ3v) is 2.44. The average Bonchev–Trinajstić information content (AvgIpc) is 2.30. The topological polar surface area (TPSA) is 38.9 Å². The molecule has 1 heterocycles. The van der Waals surface area contributed by atoms with E-state index in [-0.39, 0.29) is 0 Å². The number of hydrogen-bond acceptors (Lipinski definition) is 2. The molecule has 0 saturated carbocycles. The molecular weight excluding hydrogens is 184 g/mol. The van der Waals surface area contributed by atoms with Crippen LogP contribution in [0.1, 0.15) is 11.3 Å². The molecule has 2 heteroatoms. The molecule has 0 aliphatic carbocycles. The maximum absolute atomic E-state index is 5.57. The molecule has 0 spiro atoms. The number of nitrogens with zero attached hydrogens (tertiary/aromatic N) is 1. The van der Waals surface area contributed by atoms with Gasteiger partial charge in [0.25, 0.3) is 0 Å². The lowest BCUT2D eigenvalue weighted by atomic mass is 10.1. The maximum atomic E-state index is 5.57. The van der Waals surface area contributed by atoms with Crippen molar-refractivity contribution in [3.05, 3.63) is 53.7 Å². The summed E-state index contributed by atoms with van der Waals surface area (Å²) in [7, 11) is 0. The zero-order chi connectivity index (χ0) is 10.7. The maximum Gasteiger partial charge on any atom is 0.0708 e. The van der Waals surface area contributed by atoms with Gasteiger partial charge in [-0.05, 0) is 24.6 Å². The van der Waals surface area contributed by atoms with E-state index in [0.717, 1.165) is 11.4 Å². The minimum absolute atomic E-state index is 0.486. The highest BCUT2D eigenvalue weighted by Crippen LogP contribution is 2.20. The second-order valence-electron chi connectivity index (χ2n) is 3.53. The van der Waals surface area contributed by atoms with E-state index in [4.69, 9.17) is 5.73 Å². The van der Waals surface area contributed by atoms with Crippen molar-refractivity contribution in [2.75, 3.05) is 0 Å². The molecule has 0 amide bonds. The summed E-state index contributed by atoms with van der Waals surface area (Å²) in [5.74, 6) is 0. The van der Waals surface area contributed by atoms with Crippen LogP contribution in [0.5, 0.6) is 0 Å². The van der Waals surface area contributed by atoms with Crippen LogP contribution in [0.2, 0.25) is 0 Å². The van der Waals surface area contributed by atoms with Crippen LogP contribution in [0.3, 0.4) is 0 Å². The van der Waals surface area contributed by atoms with Crippen molar-refractivity contribution < 1.29 is 0 Å². The summed E-state index contributed by atoms with van der Waals surface area (Å²) in [6.45, 7) is 2.58. The lowest BCUT2D eigenvalue weighted by Gasteiger charge is -2.05. The van der Waals surface area contributed by atoms with Gasteiger partial charge in [-0.1, -0.05) is 30.3 Å². The molecule has 1 aromatic heterocycles. The summed E-state index contributed by atoms with van der Waals surface area (Å²) in [5, 5.41) is 0. The smallest absolute Gasteiger partial charge is 0.0708 e. The van der Waals surface area contributed by atoms with Crippen LogP contribution < -0.4 is 5.73 Å². The van der Waals surface area contributed by atoms with E-state index < -0.39 is 0 Å². The van der Waals surface area contributed by atoms with E-state index in [1.807, 2.05) is 30.3 Å². The Morgan fingerprint density at radius 2 is 1.87 bits per heavy atom. The lowest BCUT2D eigenvalue weighted by Crippen LogP contribution is -2.00. The molecule has 2 aromatic rings. The van der Waals surface area contributed by atoms with Gasteiger partial charge in [-0.25, -0.2) is 0 Å². The molecule has 15 heavy (non-hydrogen) atoms. The van der Waals surface area contributed by atoms with E-state index in [9.17, 15) is 0 Å². The van der Waals surface area contributed by atoms with Crippen LogP contribution in [-0.4, -0.2) is 4.98 Å². The van der Waals surface area contributed by atoms with Gasteiger partial charge < -0.3 is 5.73 Å². The Kier molecular flexibility index (Phi) is 2.79. The third kappa shape index (κ3) is 2.05. The average molecular weight is 198 g/mol. The van der Waals surface area contributed by atoms with Crippen LogP contribution in [0.15, 0.2) is 42.5 Å². The SMILES string of the molecule is Cc1ccccc1-c1cccc(CN)n1. The first kappa shape index (κ1) is 9.87. The lowest BCUT2D eigenvalue weighted by molar-refractivity contribution is 0.993. The first-order chi connectivity index (χ1) is 7.31. The van der Waals surface area contributed by atoms with Crippen molar-refractivity contribution in [3.8, 4) is 11.3 Å². The van der Waals surface area contributed by atoms with E-state index in [1.165, 1.54) is 11.1 Å². The Bertz CT molecular complexity index is 464. The monoisotopic (exact) mass is 198 g/mol. The van der Waals surface area contributed by atoms with Crippen LogP contribution in [-0.2, 0) is 6.54 Å².